The van der Waals surface area contributed by atoms with Crippen LogP contribution >= 0.6 is 15.9 Å². The van der Waals surface area contributed by atoms with Crippen LogP contribution in [0.4, 0.5) is 0 Å². The molecule has 4 nitrogen and oxygen atoms in total. The van der Waals surface area contributed by atoms with Gasteiger partial charge in [-0.15, -0.1) is 0 Å². The van der Waals surface area contributed by atoms with Gasteiger partial charge in [0.05, 0.1) is 6.54 Å². The number of amides is 1. The number of halogens is 1. The van der Waals surface area contributed by atoms with Gasteiger partial charge in [0.15, 0.2) is 0 Å². The Hall–Kier alpha value is -3.18. The second-order valence-electron chi connectivity index (χ2n) is 7.82. The summed E-state index contributed by atoms with van der Waals surface area (Å²) in [6.45, 7) is 4.69. The topological polar surface area (TPSA) is 53.2 Å². The molecule has 0 aliphatic heterocycles. The highest BCUT2D eigenvalue weighted by molar-refractivity contribution is 9.10. The van der Waals surface area contributed by atoms with E-state index in [0.29, 0.717) is 17.7 Å². The molecule has 0 radical (unpaired) electrons. The molecule has 4 aromatic rings. The van der Waals surface area contributed by atoms with Crippen LogP contribution in [0.15, 0.2) is 82.1 Å². The Bertz CT molecular complexity index is 1300. The number of carbonyl (C=O) groups is 1. The molecule has 0 saturated heterocycles. The molecule has 5 heteroatoms. The van der Waals surface area contributed by atoms with Crippen molar-refractivity contribution in [1.82, 2.24) is 9.88 Å². The Kier molecular flexibility index (Phi) is 6.05. The van der Waals surface area contributed by atoms with E-state index >= 15 is 0 Å². The lowest BCUT2D eigenvalue weighted by Crippen LogP contribution is -2.32. The van der Waals surface area contributed by atoms with E-state index in [0.717, 1.165) is 32.1 Å². The summed E-state index contributed by atoms with van der Waals surface area (Å²) in [7, 11) is 0. The van der Waals surface area contributed by atoms with Gasteiger partial charge in [-0.3, -0.25) is 9.59 Å². The fraction of sp³-hybridized carbons (Fsp3) is 0.154. The van der Waals surface area contributed by atoms with E-state index in [9.17, 15) is 9.59 Å². The van der Waals surface area contributed by atoms with Crippen molar-refractivity contribution >= 4 is 32.7 Å². The number of pyridine rings is 1. The van der Waals surface area contributed by atoms with Crippen molar-refractivity contribution < 1.29 is 4.79 Å². The number of nitrogens with zero attached hydrogens (tertiary/aromatic N) is 1. The van der Waals surface area contributed by atoms with E-state index in [4.69, 9.17) is 0 Å². The summed E-state index contributed by atoms with van der Waals surface area (Å²) in [5.41, 5.74) is 5.02. The Labute approximate surface area is 189 Å². The molecule has 1 amide bonds. The van der Waals surface area contributed by atoms with Crippen molar-refractivity contribution in [3.63, 3.8) is 0 Å². The van der Waals surface area contributed by atoms with Crippen LogP contribution in [0.25, 0.3) is 10.9 Å². The number of hydrogen-bond acceptors (Lipinski definition) is 2. The molecular formula is C26H23BrN2O2. The highest BCUT2D eigenvalue weighted by atomic mass is 79.9. The fourth-order valence-corrected chi connectivity index (χ4v) is 4.08. The van der Waals surface area contributed by atoms with Gasteiger partial charge in [-0.2, -0.15) is 0 Å². The third-order valence-corrected chi connectivity index (χ3v) is 5.87. The number of rotatable bonds is 5. The number of aromatic nitrogens is 1. The minimum absolute atomic E-state index is 0.114. The van der Waals surface area contributed by atoms with Crippen LogP contribution in [0.5, 0.6) is 0 Å². The molecule has 0 fully saturated rings. The van der Waals surface area contributed by atoms with Crippen LogP contribution in [0.1, 0.15) is 32.6 Å². The quantitative estimate of drug-likeness (QED) is 0.400. The average Bonchev–Trinajstić information content (AvgIpc) is 2.75. The Morgan fingerprint density at radius 2 is 1.65 bits per heavy atom. The van der Waals surface area contributed by atoms with E-state index in [1.54, 1.807) is 17.0 Å². The molecule has 1 aromatic heterocycles. The lowest BCUT2D eigenvalue weighted by molar-refractivity contribution is 0.0729. The fourth-order valence-electron chi connectivity index (χ4n) is 3.82. The highest BCUT2D eigenvalue weighted by Crippen LogP contribution is 2.20. The summed E-state index contributed by atoms with van der Waals surface area (Å²) in [5.74, 6) is -0.114. The van der Waals surface area contributed by atoms with Crippen molar-refractivity contribution in [3.8, 4) is 0 Å². The number of aromatic amines is 1. The number of nitrogens with one attached hydrogen (secondary N) is 1. The summed E-state index contributed by atoms with van der Waals surface area (Å²) < 4.78 is 0.912. The maximum absolute atomic E-state index is 13.3. The Morgan fingerprint density at radius 1 is 0.935 bits per heavy atom. The second kappa shape index (κ2) is 8.90. The normalized spacial score (nSPS) is 10.9. The van der Waals surface area contributed by atoms with Gasteiger partial charge in [0.2, 0.25) is 0 Å². The van der Waals surface area contributed by atoms with Crippen LogP contribution < -0.4 is 5.56 Å². The summed E-state index contributed by atoms with van der Waals surface area (Å²) in [4.78, 5) is 30.9. The van der Waals surface area contributed by atoms with E-state index in [1.807, 2.05) is 68.4 Å². The smallest absolute Gasteiger partial charge is 0.254 e. The lowest BCUT2D eigenvalue weighted by atomic mass is 10.0. The Balaban J connectivity index is 1.73. The first-order valence-electron chi connectivity index (χ1n) is 10.1. The monoisotopic (exact) mass is 474 g/mol. The predicted octanol–water partition coefficient (Wildman–Crippen LogP) is 5.75. The zero-order chi connectivity index (χ0) is 22.0. The molecule has 0 unspecified atom stereocenters. The van der Waals surface area contributed by atoms with Crippen LogP contribution in [-0.4, -0.2) is 15.8 Å². The molecular weight excluding hydrogens is 452 g/mol. The SMILES string of the molecule is Cc1cc(C)c2cc(CN(Cc3ccccc3)C(=O)c3ccc(Br)cc3)c(=O)[nH]c2c1. The number of H-pyrrole nitrogens is 1. The van der Waals surface area contributed by atoms with Crippen molar-refractivity contribution in [2.45, 2.75) is 26.9 Å². The maximum Gasteiger partial charge on any atom is 0.254 e. The molecule has 4 rings (SSSR count). The molecule has 0 saturated carbocycles. The maximum atomic E-state index is 13.3. The summed E-state index contributed by atoms with van der Waals surface area (Å²) in [6.07, 6.45) is 0. The highest BCUT2D eigenvalue weighted by Gasteiger charge is 2.19. The zero-order valence-electron chi connectivity index (χ0n) is 17.5. The number of hydrogen-bond donors (Lipinski definition) is 1. The number of carbonyl (C=O) groups excluding carboxylic acids is 1. The molecule has 0 aliphatic rings. The third kappa shape index (κ3) is 4.78. The third-order valence-electron chi connectivity index (χ3n) is 5.35. The molecule has 31 heavy (non-hydrogen) atoms. The first-order chi connectivity index (χ1) is 14.9. The zero-order valence-corrected chi connectivity index (χ0v) is 19.1. The summed E-state index contributed by atoms with van der Waals surface area (Å²) in [6, 6.07) is 23.1. The number of aryl methyl sites for hydroxylation is 2. The van der Waals surface area contributed by atoms with Crippen molar-refractivity contribution in [2.75, 3.05) is 0 Å². The number of fused-ring (bicyclic) bond motifs is 1. The first kappa shape index (κ1) is 21.1. The van der Waals surface area contributed by atoms with Crippen molar-refractivity contribution in [3.05, 3.63) is 115 Å². The van der Waals surface area contributed by atoms with Crippen molar-refractivity contribution in [2.24, 2.45) is 0 Å². The van der Waals surface area contributed by atoms with Gasteiger partial charge < -0.3 is 9.88 Å². The lowest BCUT2D eigenvalue weighted by Gasteiger charge is -2.23. The van der Waals surface area contributed by atoms with Crippen molar-refractivity contribution in [1.29, 1.82) is 0 Å². The predicted molar refractivity (Wildman–Crippen MR) is 128 cm³/mol. The molecule has 0 bridgehead atoms. The minimum atomic E-state index is -0.167. The Morgan fingerprint density at radius 3 is 2.35 bits per heavy atom. The van der Waals surface area contributed by atoms with Gasteiger partial charge in [-0.05, 0) is 66.9 Å². The molecule has 0 atom stereocenters. The van der Waals surface area contributed by atoms with Gasteiger partial charge in [0.25, 0.3) is 11.5 Å². The van der Waals surface area contributed by atoms with Gasteiger partial charge in [0.1, 0.15) is 0 Å². The van der Waals surface area contributed by atoms with E-state index < -0.39 is 0 Å². The number of benzene rings is 3. The molecule has 3 aromatic carbocycles. The standard InChI is InChI=1S/C26H23BrN2O2/c1-17-12-18(2)23-14-21(25(30)28-24(23)13-17)16-29(15-19-6-4-3-5-7-19)26(31)20-8-10-22(27)11-9-20/h3-14H,15-16H2,1-2H3,(H,28,30). The van der Waals surface area contributed by atoms with E-state index in [-0.39, 0.29) is 18.0 Å². The minimum Gasteiger partial charge on any atom is -0.330 e. The molecule has 1 N–H and O–H groups in total. The van der Waals surface area contributed by atoms with Crippen LogP contribution in [0, 0.1) is 13.8 Å². The van der Waals surface area contributed by atoms with Gasteiger partial charge in [0, 0.05) is 33.0 Å². The molecule has 156 valence electrons. The van der Waals surface area contributed by atoms with Gasteiger partial charge >= 0.3 is 0 Å². The molecule has 0 spiro atoms. The molecule has 1 heterocycles. The largest absolute Gasteiger partial charge is 0.330 e. The van der Waals surface area contributed by atoms with Gasteiger partial charge in [-0.1, -0.05) is 52.3 Å². The van der Waals surface area contributed by atoms with E-state index in [1.165, 1.54) is 0 Å². The van der Waals surface area contributed by atoms with Gasteiger partial charge in [-0.25, -0.2) is 0 Å². The summed E-state index contributed by atoms with van der Waals surface area (Å²) in [5, 5.41) is 0.996. The first-order valence-corrected chi connectivity index (χ1v) is 10.9. The average molecular weight is 475 g/mol. The second-order valence-corrected chi connectivity index (χ2v) is 8.74. The summed E-state index contributed by atoms with van der Waals surface area (Å²) >= 11 is 3.41. The van der Waals surface area contributed by atoms with Crippen LogP contribution in [-0.2, 0) is 13.1 Å². The van der Waals surface area contributed by atoms with Crippen LogP contribution in [0.2, 0.25) is 0 Å². The van der Waals surface area contributed by atoms with E-state index in [2.05, 4.69) is 27.0 Å². The van der Waals surface area contributed by atoms with Crippen LogP contribution in [0.3, 0.4) is 0 Å². The molecule has 0 aliphatic carbocycles.